The summed E-state index contributed by atoms with van der Waals surface area (Å²) in [7, 11) is 0. The zero-order valence-corrected chi connectivity index (χ0v) is 37.0. The molecule has 316 valence electrons. The van der Waals surface area contributed by atoms with Gasteiger partial charge in [-0.3, -0.25) is 0 Å². The summed E-state index contributed by atoms with van der Waals surface area (Å²) in [5, 5.41) is 0. The van der Waals surface area contributed by atoms with E-state index in [1.54, 1.807) is 33.4 Å². The number of rotatable bonds is 6. The molecule has 1 saturated carbocycles. The topological polar surface area (TPSA) is 6.48 Å². The third kappa shape index (κ3) is 5.88. The normalized spacial score (nSPS) is 30.6. The Labute approximate surface area is 376 Å². The van der Waals surface area contributed by atoms with Crippen molar-refractivity contribution in [2.24, 2.45) is 23.7 Å². The van der Waals surface area contributed by atoms with Crippen LogP contribution in [0.3, 0.4) is 0 Å². The summed E-state index contributed by atoms with van der Waals surface area (Å²) in [5.41, 5.74) is 19.6. The van der Waals surface area contributed by atoms with E-state index < -0.39 is 0 Å². The predicted molar refractivity (Wildman–Crippen MR) is 263 cm³/mol. The molecule has 63 heavy (non-hydrogen) atoms. The molecule has 8 unspecified atom stereocenters. The number of fused-ring (bicyclic) bond motifs is 13. The van der Waals surface area contributed by atoms with Crippen LogP contribution in [0.25, 0.3) is 17.2 Å². The van der Waals surface area contributed by atoms with Crippen molar-refractivity contribution >= 4 is 23.1 Å². The molecule has 8 atom stereocenters. The lowest BCUT2D eigenvalue weighted by Crippen LogP contribution is -2.46. The van der Waals surface area contributed by atoms with Crippen LogP contribution in [0.5, 0.6) is 0 Å². The molecular formula is C61H62N2. The standard InChI is InChI=1S/C61H62N2/c1-3-20-44(21-4-1)62(58-31-15-19-41-17-8-10-25-50(41)58)47-36-38-52-51-26-11-13-28-54(51)61(57(52)40-47)55-29-14-12-27-53(55)60-56(61)30-16-32-59(60)63(45-22-5-2-6-23-45)46-35-37-49-43(39-46)34-33-42-18-7-9-24-48(42)49/h1,3-5,7,11-13,15,18,20-22,26-28,31,33-42,45,48,53,55,59H,2,6,8-10,14,16-17,19,23-25,29-30,32H2. The van der Waals surface area contributed by atoms with Gasteiger partial charge >= 0.3 is 0 Å². The number of benzene rings is 4. The molecule has 0 amide bonds. The van der Waals surface area contributed by atoms with Gasteiger partial charge in [0.05, 0.1) is 6.04 Å². The average Bonchev–Trinajstić information content (AvgIpc) is 3.82. The smallest absolute Gasteiger partial charge is 0.0517 e. The van der Waals surface area contributed by atoms with Crippen LogP contribution in [-0.2, 0) is 5.41 Å². The number of hydrogen-bond acceptors (Lipinski definition) is 2. The third-order valence-corrected chi connectivity index (χ3v) is 17.4. The van der Waals surface area contributed by atoms with Crippen LogP contribution in [0.1, 0.15) is 124 Å². The maximum Gasteiger partial charge on any atom is 0.0517 e. The molecule has 1 fully saturated rings. The van der Waals surface area contributed by atoms with E-state index in [9.17, 15) is 0 Å². The highest BCUT2D eigenvalue weighted by Gasteiger charge is 2.60. The van der Waals surface area contributed by atoms with Gasteiger partial charge in [0.1, 0.15) is 0 Å². The van der Waals surface area contributed by atoms with Crippen LogP contribution in [0.15, 0.2) is 168 Å². The average molecular weight is 823 g/mol. The van der Waals surface area contributed by atoms with E-state index in [-0.39, 0.29) is 5.41 Å². The number of allylic oxidation sites excluding steroid dienone is 10. The Hall–Kier alpha value is -5.34. The van der Waals surface area contributed by atoms with Gasteiger partial charge in [-0.25, -0.2) is 0 Å². The Balaban J connectivity index is 1.00. The molecule has 2 nitrogen and oxygen atoms in total. The Bertz CT molecular complexity index is 2680. The summed E-state index contributed by atoms with van der Waals surface area (Å²) in [4.78, 5) is 5.61. The van der Waals surface area contributed by atoms with Crippen LogP contribution >= 0.6 is 0 Å². The molecule has 0 N–H and O–H groups in total. The summed E-state index contributed by atoms with van der Waals surface area (Å²) in [5.74, 6) is 2.76. The second kappa shape index (κ2) is 15.4. The Morgan fingerprint density at radius 3 is 2.37 bits per heavy atom. The molecule has 9 aliphatic rings. The first-order valence-electron chi connectivity index (χ1n) is 25.1. The van der Waals surface area contributed by atoms with Gasteiger partial charge in [0.15, 0.2) is 0 Å². The van der Waals surface area contributed by atoms with Crippen LogP contribution < -0.4 is 9.80 Å². The van der Waals surface area contributed by atoms with E-state index in [1.807, 2.05) is 0 Å². The van der Waals surface area contributed by atoms with E-state index in [4.69, 9.17) is 0 Å². The monoisotopic (exact) mass is 822 g/mol. The second-order valence-electron chi connectivity index (χ2n) is 20.4. The molecule has 0 radical (unpaired) electrons. The lowest BCUT2D eigenvalue weighted by molar-refractivity contribution is 0.316. The molecule has 2 heteroatoms. The highest BCUT2D eigenvalue weighted by Crippen LogP contribution is 2.68. The molecule has 0 heterocycles. The molecule has 0 aliphatic heterocycles. The van der Waals surface area contributed by atoms with Gasteiger partial charge in [0, 0.05) is 46.1 Å². The quantitative estimate of drug-likeness (QED) is 0.179. The van der Waals surface area contributed by atoms with Gasteiger partial charge in [-0.05, 0) is 195 Å². The first kappa shape index (κ1) is 38.1. The van der Waals surface area contributed by atoms with E-state index in [0.29, 0.717) is 41.7 Å². The fraction of sp³-hybridized carbons (Fsp3) is 0.377. The molecule has 13 rings (SSSR count). The van der Waals surface area contributed by atoms with Gasteiger partial charge in [-0.15, -0.1) is 0 Å². The molecular weight excluding hydrogens is 761 g/mol. The number of anilines is 3. The maximum atomic E-state index is 2.96. The van der Waals surface area contributed by atoms with Gasteiger partial charge in [0.2, 0.25) is 0 Å². The van der Waals surface area contributed by atoms with E-state index in [0.717, 1.165) is 6.42 Å². The number of nitrogens with zero attached hydrogens (tertiary/aromatic N) is 2. The highest BCUT2D eigenvalue weighted by atomic mass is 15.2. The minimum absolute atomic E-state index is 0.141. The summed E-state index contributed by atoms with van der Waals surface area (Å²) >= 11 is 0. The first-order valence-corrected chi connectivity index (χ1v) is 25.1. The minimum Gasteiger partial charge on any atom is -0.358 e. The summed E-state index contributed by atoms with van der Waals surface area (Å²) in [6.45, 7) is 0. The summed E-state index contributed by atoms with van der Waals surface area (Å²) in [6.07, 6.45) is 43.6. The fourth-order valence-electron chi connectivity index (χ4n) is 15.0. The highest BCUT2D eigenvalue weighted by molar-refractivity contribution is 5.88. The van der Waals surface area contributed by atoms with Gasteiger partial charge in [-0.1, -0.05) is 121 Å². The molecule has 4 aromatic rings. The molecule has 0 aromatic heterocycles. The summed E-state index contributed by atoms with van der Waals surface area (Å²) in [6, 6.07) is 37.1. The van der Waals surface area contributed by atoms with Crippen LogP contribution in [0.4, 0.5) is 17.1 Å². The second-order valence-corrected chi connectivity index (χ2v) is 20.4. The molecule has 1 spiro atoms. The van der Waals surface area contributed by atoms with Crippen molar-refractivity contribution in [3.8, 4) is 11.1 Å². The van der Waals surface area contributed by atoms with Gasteiger partial charge in [-0.2, -0.15) is 0 Å². The largest absolute Gasteiger partial charge is 0.358 e. The molecule has 0 bridgehead atoms. The zero-order valence-electron chi connectivity index (χ0n) is 37.0. The van der Waals surface area contributed by atoms with Crippen molar-refractivity contribution < 1.29 is 0 Å². The van der Waals surface area contributed by atoms with Crippen molar-refractivity contribution in [1.82, 2.24) is 0 Å². The molecule has 0 saturated heterocycles. The maximum absolute atomic E-state index is 2.96. The Morgan fingerprint density at radius 1 is 0.571 bits per heavy atom. The van der Waals surface area contributed by atoms with Crippen molar-refractivity contribution in [3.63, 3.8) is 0 Å². The van der Waals surface area contributed by atoms with Crippen molar-refractivity contribution in [2.75, 3.05) is 9.80 Å². The third-order valence-electron chi connectivity index (χ3n) is 17.4. The van der Waals surface area contributed by atoms with Crippen molar-refractivity contribution in [1.29, 1.82) is 0 Å². The Kier molecular flexibility index (Phi) is 9.34. The lowest BCUT2D eigenvalue weighted by Gasteiger charge is -2.45. The lowest BCUT2D eigenvalue weighted by atomic mass is 9.62. The van der Waals surface area contributed by atoms with Gasteiger partial charge < -0.3 is 9.80 Å². The van der Waals surface area contributed by atoms with Crippen molar-refractivity contribution in [2.45, 2.75) is 120 Å². The number of para-hydroxylation sites is 1. The minimum atomic E-state index is -0.141. The van der Waals surface area contributed by atoms with E-state index in [1.165, 1.54) is 129 Å². The SMILES string of the molecule is C1=CC(N(c2ccc3c(c2)C=CC2C=CCCC32)C2CCCC3=C2C2C=CCCC2C32c3ccccc3-c3ccc(N(C4=C5CCCCC5CC=C4)c4ccccc4)cc32)CCC1. The zero-order chi connectivity index (χ0) is 41.5. The van der Waals surface area contributed by atoms with Crippen LogP contribution in [-0.4, -0.2) is 12.1 Å². The molecule has 4 aromatic carbocycles. The Morgan fingerprint density at radius 2 is 1.43 bits per heavy atom. The van der Waals surface area contributed by atoms with Crippen LogP contribution in [0, 0.1) is 23.7 Å². The van der Waals surface area contributed by atoms with Crippen LogP contribution in [0.2, 0.25) is 0 Å². The summed E-state index contributed by atoms with van der Waals surface area (Å²) < 4.78 is 0. The van der Waals surface area contributed by atoms with E-state index >= 15 is 0 Å². The number of hydrogen-bond donors (Lipinski definition) is 0. The first-order chi connectivity index (χ1) is 31.3. The van der Waals surface area contributed by atoms with Gasteiger partial charge in [0.25, 0.3) is 0 Å². The van der Waals surface area contributed by atoms with Crippen molar-refractivity contribution in [3.05, 3.63) is 190 Å². The predicted octanol–water partition coefficient (Wildman–Crippen LogP) is 15.6. The molecule has 9 aliphatic carbocycles. The van der Waals surface area contributed by atoms with E-state index in [2.05, 4.69) is 162 Å². The fourth-order valence-corrected chi connectivity index (χ4v) is 15.0.